The van der Waals surface area contributed by atoms with E-state index in [1.165, 1.54) is 0 Å². The summed E-state index contributed by atoms with van der Waals surface area (Å²) in [4.78, 5) is 12.5. The van der Waals surface area contributed by atoms with E-state index in [0.29, 0.717) is 28.3 Å². The summed E-state index contributed by atoms with van der Waals surface area (Å²) in [7, 11) is 0. The van der Waals surface area contributed by atoms with Crippen molar-refractivity contribution in [2.24, 2.45) is 11.8 Å². The number of alkyl halides is 2. The Hall–Kier alpha value is -1.10. The minimum atomic E-state index is -2.44. The molecule has 2 rings (SSSR count). The minimum Gasteiger partial charge on any atom is -0.426 e. The van der Waals surface area contributed by atoms with Crippen molar-refractivity contribution in [1.82, 2.24) is 0 Å². The number of carbonyl (C=O) groups is 1. The first kappa shape index (κ1) is 15.3. The molecule has 1 aromatic carbocycles. The molecule has 0 saturated heterocycles. The van der Waals surface area contributed by atoms with Gasteiger partial charge < -0.3 is 4.74 Å². The second kappa shape index (κ2) is 7.07. The van der Waals surface area contributed by atoms with E-state index < -0.39 is 5.76 Å². The van der Waals surface area contributed by atoms with Gasteiger partial charge in [-0.15, -0.1) is 0 Å². The molecular formula is C15H18F2O2S. The highest BCUT2D eigenvalue weighted by Gasteiger charge is 2.25. The number of carbonyl (C=O) groups excluding carboxylic acids is 1. The Morgan fingerprint density at radius 1 is 1.20 bits per heavy atom. The zero-order chi connectivity index (χ0) is 14.5. The Morgan fingerprint density at radius 3 is 2.35 bits per heavy atom. The van der Waals surface area contributed by atoms with E-state index in [9.17, 15) is 13.6 Å². The molecule has 1 fully saturated rings. The Kier molecular flexibility index (Phi) is 5.40. The highest BCUT2D eigenvalue weighted by Crippen LogP contribution is 2.30. The van der Waals surface area contributed by atoms with E-state index in [4.69, 9.17) is 4.74 Å². The van der Waals surface area contributed by atoms with Crippen LogP contribution in [0.3, 0.4) is 0 Å². The van der Waals surface area contributed by atoms with Crippen molar-refractivity contribution < 1.29 is 18.3 Å². The summed E-state index contributed by atoms with van der Waals surface area (Å²) in [5.74, 6) is -1.56. The number of thioether (sulfide) groups is 1. The van der Waals surface area contributed by atoms with Gasteiger partial charge in [-0.1, -0.05) is 18.7 Å². The Bertz CT molecular complexity index is 440. The molecular weight excluding hydrogens is 282 g/mol. The van der Waals surface area contributed by atoms with Crippen LogP contribution in [0.25, 0.3) is 0 Å². The lowest BCUT2D eigenvalue weighted by molar-refractivity contribution is -0.140. The van der Waals surface area contributed by atoms with Gasteiger partial charge in [-0.2, -0.15) is 8.78 Å². The molecule has 0 radical (unpaired) electrons. The third-order valence-corrected chi connectivity index (χ3v) is 4.34. The summed E-state index contributed by atoms with van der Waals surface area (Å²) in [5.41, 5.74) is 0. The lowest BCUT2D eigenvalue weighted by Crippen LogP contribution is -2.24. The van der Waals surface area contributed by atoms with Crippen LogP contribution in [0.15, 0.2) is 29.2 Å². The number of halogens is 2. The monoisotopic (exact) mass is 300 g/mol. The van der Waals surface area contributed by atoms with Gasteiger partial charge in [0.15, 0.2) is 0 Å². The third kappa shape index (κ3) is 4.47. The Morgan fingerprint density at radius 2 is 1.80 bits per heavy atom. The summed E-state index contributed by atoms with van der Waals surface area (Å²) in [6, 6.07) is 6.22. The molecule has 1 aliphatic carbocycles. The zero-order valence-corrected chi connectivity index (χ0v) is 12.2. The van der Waals surface area contributed by atoms with Gasteiger partial charge in [0.05, 0.1) is 5.92 Å². The van der Waals surface area contributed by atoms with Gasteiger partial charge in [-0.25, -0.2) is 0 Å². The number of rotatable bonds is 4. The standard InChI is InChI=1S/C15H18F2O2S/c1-10-2-4-11(5-3-10)14(18)19-12-6-8-13(9-7-12)20-15(16)17/h6-11,15H,2-5H2,1H3/t10-,11-. The van der Waals surface area contributed by atoms with Crippen LogP contribution in [0.4, 0.5) is 8.78 Å². The maximum absolute atomic E-state index is 12.2. The molecule has 1 saturated carbocycles. The molecule has 0 heterocycles. The second-order valence-electron chi connectivity index (χ2n) is 5.23. The van der Waals surface area contributed by atoms with E-state index in [1.807, 2.05) is 0 Å². The van der Waals surface area contributed by atoms with Gasteiger partial charge in [0, 0.05) is 4.90 Å². The van der Waals surface area contributed by atoms with Crippen molar-refractivity contribution in [1.29, 1.82) is 0 Å². The van der Waals surface area contributed by atoms with E-state index in [-0.39, 0.29) is 11.9 Å². The van der Waals surface area contributed by atoms with Crippen molar-refractivity contribution in [2.45, 2.75) is 43.3 Å². The largest absolute Gasteiger partial charge is 0.426 e. The molecule has 0 bridgehead atoms. The zero-order valence-electron chi connectivity index (χ0n) is 11.4. The van der Waals surface area contributed by atoms with Crippen LogP contribution >= 0.6 is 11.8 Å². The van der Waals surface area contributed by atoms with Crippen LogP contribution in [0.2, 0.25) is 0 Å². The number of hydrogen-bond donors (Lipinski definition) is 0. The van der Waals surface area contributed by atoms with E-state index in [0.717, 1.165) is 25.7 Å². The molecule has 20 heavy (non-hydrogen) atoms. The van der Waals surface area contributed by atoms with Crippen molar-refractivity contribution in [3.8, 4) is 5.75 Å². The fraction of sp³-hybridized carbons (Fsp3) is 0.533. The van der Waals surface area contributed by atoms with Crippen molar-refractivity contribution in [3.05, 3.63) is 24.3 Å². The smallest absolute Gasteiger partial charge is 0.314 e. The molecule has 110 valence electrons. The number of ether oxygens (including phenoxy) is 1. The Balaban J connectivity index is 1.88. The number of esters is 1. The van der Waals surface area contributed by atoms with Crippen molar-refractivity contribution >= 4 is 17.7 Å². The SMILES string of the molecule is C[C@H]1CC[C@H](C(=O)Oc2ccc(SC(F)F)cc2)CC1. The average Bonchev–Trinajstić information content (AvgIpc) is 2.41. The van der Waals surface area contributed by atoms with E-state index in [2.05, 4.69) is 6.92 Å². The predicted octanol–water partition coefficient (Wildman–Crippen LogP) is 4.73. The number of hydrogen-bond acceptors (Lipinski definition) is 3. The molecule has 0 atom stereocenters. The van der Waals surface area contributed by atoms with Gasteiger partial charge in [0.25, 0.3) is 5.76 Å². The van der Waals surface area contributed by atoms with Gasteiger partial charge in [0.2, 0.25) is 0 Å². The van der Waals surface area contributed by atoms with Crippen molar-refractivity contribution in [3.63, 3.8) is 0 Å². The normalized spacial score (nSPS) is 22.8. The summed E-state index contributed by atoms with van der Waals surface area (Å²) in [6.45, 7) is 2.20. The molecule has 0 unspecified atom stereocenters. The van der Waals surface area contributed by atoms with Crippen molar-refractivity contribution in [2.75, 3.05) is 0 Å². The molecule has 0 amide bonds. The first-order valence-corrected chi connectivity index (χ1v) is 7.69. The molecule has 1 aromatic rings. The Labute approximate surface area is 121 Å². The van der Waals surface area contributed by atoms with Crippen LogP contribution in [-0.2, 0) is 4.79 Å². The molecule has 0 aliphatic heterocycles. The van der Waals surface area contributed by atoms with E-state index in [1.54, 1.807) is 24.3 Å². The quantitative estimate of drug-likeness (QED) is 0.457. The van der Waals surface area contributed by atoms with Crippen LogP contribution in [0.1, 0.15) is 32.6 Å². The highest BCUT2D eigenvalue weighted by atomic mass is 32.2. The van der Waals surface area contributed by atoms with Crippen LogP contribution < -0.4 is 4.74 Å². The molecule has 0 spiro atoms. The highest BCUT2D eigenvalue weighted by molar-refractivity contribution is 7.99. The lowest BCUT2D eigenvalue weighted by Gasteiger charge is -2.24. The summed E-state index contributed by atoms with van der Waals surface area (Å²) in [6.07, 6.45) is 3.87. The van der Waals surface area contributed by atoms with Gasteiger partial charge in [0.1, 0.15) is 5.75 Å². The summed E-state index contributed by atoms with van der Waals surface area (Å²) >= 11 is 0.480. The number of benzene rings is 1. The van der Waals surface area contributed by atoms with Gasteiger partial charge in [-0.05, 0) is 55.9 Å². The molecule has 5 heteroatoms. The van der Waals surface area contributed by atoms with E-state index >= 15 is 0 Å². The summed E-state index contributed by atoms with van der Waals surface area (Å²) < 4.78 is 29.7. The third-order valence-electron chi connectivity index (χ3n) is 3.62. The first-order valence-electron chi connectivity index (χ1n) is 6.81. The predicted molar refractivity (Wildman–Crippen MR) is 75.1 cm³/mol. The van der Waals surface area contributed by atoms with Gasteiger partial charge in [-0.3, -0.25) is 4.79 Å². The second-order valence-corrected chi connectivity index (χ2v) is 6.29. The molecule has 0 N–H and O–H groups in total. The molecule has 0 aromatic heterocycles. The summed E-state index contributed by atoms with van der Waals surface area (Å²) in [5, 5.41) is 0. The fourth-order valence-electron chi connectivity index (χ4n) is 2.38. The topological polar surface area (TPSA) is 26.3 Å². The van der Waals surface area contributed by atoms with Crippen LogP contribution in [0.5, 0.6) is 5.75 Å². The first-order chi connectivity index (χ1) is 9.54. The van der Waals surface area contributed by atoms with Crippen LogP contribution in [0, 0.1) is 11.8 Å². The lowest BCUT2D eigenvalue weighted by atomic mass is 9.83. The fourth-order valence-corrected chi connectivity index (χ4v) is 2.88. The average molecular weight is 300 g/mol. The van der Waals surface area contributed by atoms with Crippen LogP contribution in [-0.4, -0.2) is 11.7 Å². The maximum Gasteiger partial charge on any atom is 0.314 e. The molecule has 2 nitrogen and oxygen atoms in total. The molecule has 1 aliphatic rings. The van der Waals surface area contributed by atoms with Gasteiger partial charge >= 0.3 is 5.97 Å². The maximum atomic E-state index is 12.2. The minimum absolute atomic E-state index is 0.0266.